The van der Waals surface area contributed by atoms with Crippen molar-refractivity contribution in [3.05, 3.63) is 39.9 Å². The standard InChI is InChI=1S/C12H13NO7/c14-6-10(15)7-20-12(17)5-11(16)8-1-3-9(4-2-8)13(18)19/h1-4,10,14-15H,5-7H2. The Hall–Kier alpha value is -2.32. The monoisotopic (exact) mass is 283 g/mol. The van der Waals surface area contributed by atoms with Gasteiger partial charge < -0.3 is 14.9 Å². The number of ketones is 1. The molecule has 0 fully saturated rings. The van der Waals surface area contributed by atoms with Crippen LogP contribution in [-0.4, -0.2) is 46.2 Å². The third-order valence-corrected chi connectivity index (χ3v) is 2.35. The van der Waals surface area contributed by atoms with E-state index in [1.165, 1.54) is 12.1 Å². The molecule has 0 spiro atoms. The average molecular weight is 283 g/mol. The summed E-state index contributed by atoms with van der Waals surface area (Å²) >= 11 is 0. The van der Waals surface area contributed by atoms with E-state index in [4.69, 9.17) is 10.2 Å². The van der Waals surface area contributed by atoms with Crippen molar-refractivity contribution >= 4 is 17.4 Å². The number of hydrogen-bond acceptors (Lipinski definition) is 7. The Bertz CT molecular complexity index is 497. The molecule has 0 amide bonds. The number of nitrogens with zero attached hydrogens (tertiary/aromatic N) is 1. The number of benzene rings is 1. The summed E-state index contributed by atoms with van der Waals surface area (Å²) in [4.78, 5) is 32.8. The molecular weight excluding hydrogens is 270 g/mol. The van der Waals surface area contributed by atoms with E-state index in [0.29, 0.717) is 0 Å². The molecule has 0 bridgehead atoms. The van der Waals surface area contributed by atoms with Gasteiger partial charge in [-0.05, 0) is 12.1 Å². The lowest BCUT2D eigenvalue weighted by molar-refractivity contribution is -0.384. The zero-order valence-corrected chi connectivity index (χ0v) is 10.4. The lowest BCUT2D eigenvalue weighted by atomic mass is 10.1. The summed E-state index contributed by atoms with van der Waals surface area (Å²) in [6.07, 6.45) is -1.73. The van der Waals surface area contributed by atoms with Crippen molar-refractivity contribution < 1.29 is 29.5 Å². The Morgan fingerprint density at radius 3 is 2.40 bits per heavy atom. The zero-order valence-electron chi connectivity index (χ0n) is 10.4. The molecule has 1 atom stereocenters. The Labute approximate surface area is 113 Å². The van der Waals surface area contributed by atoms with E-state index in [-0.39, 0.29) is 11.3 Å². The van der Waals surface area contributed by atoms with Gasteiger partial charge in [-0.3, -0.25) is 19.7 Å². The highest BCUT2D eigenvalue weighted by Crippen LogP contribution is 2.13. The van der Waals surface area contributed by atoms with Crippen LogP contribution in [0.15, 0.2) is 24.3 Å². The first-order chi connectivity index (χ1) is 9.43. The quantitative estimate of drug-likeness (QED) is 0.238. The van der Waals surface area contributed by atoms with Crippen LogP contribution in [0.1, 0.15) is 16.8 Å². The molecule has 8 heteroatoms. The Morgan fingerprint density at radius 1 is 1.30 bits per heavy atom. The number of nitro benzene ring substituents is 1. The fourth-order valence-corrected chi connectivity index (χ4v) is 1.30. The van der Waals surface area contributed by atoms with E-state index in [1.807, 2.05) is 0 Å². The lowest BCUT2D eigenvalue weighted by Gasteiger charge is -2.08. The second-order valence-electron chi connectivity index (χ2n) is 3.92. The van der Waals surface area contributed by atoms with E-state index in [1.54, 1.807) is 0 Å². The number of esters is 1. The third-order valence-electron chi connectivity index (χ3n) is 2.35. The van der Waals surface area contributed by atoms with Crippen molar-refractivity contribution in [2.24, 2.45) is 0 Å². The maximum absolute atomic E-state index is 11.7. The molecule has 0 saturated heterocycles. The number of non-ortho nitro benzene ring substituents is 1. The minimum absolute atomic E-state index is 0.148. The fourth-order valence-electron chi connectivity index (χ4n) is 1.30. The van der Waals surface area contributed by atoms with Crippen LogP contribution in [0.2, 0.25) is 0 Å². The number of carbonyl (C=O) groups excluding carboxylic acids is 2. The summed E-state index contributed by atoms with van der Waals surface area (Å²) < 4.78 is 4.57. The van der Waals surface area contributed by atoms with Gasteiger partial charge in [-0.1, -0.05) is 0 Å². The van der Waals surface area contributed by atoms with Gasteiger partial charge in [0.1, 0.15) is 19.1 Å². The highest BCUT2D eigenvalue weighted by Gasteiger charge is 2.15. The molecule has 2 N–H and O–H groups in total. The summed E-state index contributed by atoms with van der Waals surface area (Å²) in [7, 11) is 0. The second-order valence-corrected chi connectivity index (χ2v) is 3.92. The molecule has 1 unspecified atom stereocenters. The molecule has 1 rings (SSSR count). The maximum atomic E-state index is 11.7. The number of carbonyl (C=O) groups is 2. The van der Waals surface area contributed by atoms with E-state index in [2.05, 4.69) is 4.74 Å². The summed E-state index contributed by atoms with van der Waals surface area (Å²) in [6, 6.07) is 4.81. The molecule has 0 aromatic heterocycles. The first kappa shape index (κ1) is 15.7. The molecule has 0 aliphatic rings. The molecule has 0 aliphatic heterocycles. The predicted octanol–water partition coefficient (Wildman–Crippen LogP) is 0.0640. The van der Waals surface area contributed by atoms with Gasteiger partial charge in [0.05, 0.1) is 11.5 Å². The van der Waals surface area contributed by atoms with Gasteiger partial charge in [-0.25, -0.2) is 0 Å². The highest BCUT2D eigenvalue weighted by molar-refractivity contribution is 6.06. The number of aliphatic hydroxyl groups is 2. The van der Waals surface area contributed by atoms with Gasteiger partial charge in [0.2, 0.25) is 0 Å². The van der Waals surface area contributed by atoms with Crippen LogP contribution in [0.4, 0.5) is 5.69 Å². The molecular formula is C12H13NO7. The Kier molecular flexibility index (Phi) is 5.75. The van der Waals surface area contributed by atoms with Crippen LogP contribution >= 0.6 is 0 Å². The van der Waals surface area contributed by atoms with Gasteiger partial charge in [0.15, 0.2) is 5.78 Å². The maximum Gasteiger partial charge on any atom is 0.313 e. The van der Waals surface area contributed by atoms with Gasteiger partial charge in [-0.2, -0.15) is 0 Å². The Morgan fingerprint density at radius 2 is 1.90 bits per heavy atom. The molecule has 0 saturated carbocycles. The summed E-state index contributed by atoms with van der Waals surface area (Å²) in [5.41, 5.74) is -0.00884. The van der Waals surface area contributed by atoms with Crippen LogP contribution < -0.4 is 0 Å². The zero-order chi connectivity index (χ0) is 15.1. The molecule has 108 valence electrons. The number of rotatable bonds is 7. The number of nitro groups is 1. The molecule has 1 aromatic carbocycles. The molecule has 0 heterocycles. The molecule has 0 aliphatic carbocycles. The second kappa shape index (κ2) is 7.31. The van der Waals surface area contributed by atoms with E-state index in [9.17, 15) is 19.7 Å². The number of ether oxygens (including phenoxy) is 1. The smallest absolute Gasteiger partial charge is 0.313 e. The topological polar surface area (TPSA) is 127 Å². The van der Waals surface area contributed by atoms with Crippen LogP contribution in [0, 0.1) is 10.1 Å². The minimum atomic E-state index is -1.19. The summed E-state index contributed by atoms with van der Waals surface area (Å²) in [6.45, 7) is -0.952. The first-order valence-corrected chi connectivity index (χ1v) is 5.66. The van der Waals surface area contributed by atoms with Gasteiger partial charge in [0.25, 0.3) is 5.69 Å². The summed E-state index contributed by atoms with van der Waals surface area (Å²) in [5.74, 6) is -1.40. The van der Waals surface area contributed by atoms with Crippen molar-refractivity contribution in [3.8, 4) is 0 Å². The van der Waals surface area contributed by atoms with E-state index in [0.717, 1.165) is 12.1 Å². The largest absolute Gasteiger partial charge is 0.462 e. The first-order valence-electron chi connectivity index (χ1n) is 5.66. The highest BCUT2D eigenvalue weighted by atomic mass is 16.6. The molecule has 8 nitrogen and oxygen atoms in total. The normalized spacial score (nSPS) is 11.7. The molecule has 1 aromatic rings. The number of aliphatic hydroxyl groups excluding tert-OH is 2. The van der Waals surface area contributed by atoms with Crippen LogP contribution in [0.5, 0.6) is 0 Å². The Balaban J connectivity index is 2.53. The predicted molar refractivity (Wildman–Crippen MR) is 66.1 cm³/mol. The van der Waals surface area contributed by atoms with Crippen LogP contribution in [-0.2, 0) is 9.53 Å². The minimum Gasteiger partial charge on any atom is -0.462 e. The average Bonchev–Trinajstić information content (AvgIpc) is 2.44. The summed E-state index contributed by atoms with van der Waals surface area (Å²) in [5, 5.41) is 27.9. The number of Topliss-reactive ketones (excluding diaryl/α,β-unsaturated/α-hetero) is 1. The van der Waals surface area contributed by atoms with Gasteiger partial charge >= 0.3 is 5.97 Å². The van der Waals surface area contributed by atoms with Crippen LogP contribution in [0.3, 0.4) is 0 Å². The van der Waals surface area contributed by atoms with Gasteiger partial charge in [0, 0.05) is 17.7 Å². The van der Waals surface area contributed by atoms with Gasteiger partial charge in [-0.15, -0.1) is 0 Å². The molecule has 20 heavy (non-hydrogen) atoms. The SMILES string of the molecule is O=C(CC(=O)c1ccc([N+](=O)[O-])cc1)OCC(O)CO. The fraction of sp³-hybridized carbons (Fsp3) is 0.333. The van der Waals surface area contributed by atoms with Crippen LogP contribution in [0.25, 0.3) is 0 Å². The number of hydrogen-bond donors (Lipinski definition) is 2. The van der Waals surface area contributed by atoms with Crippen molar-refractivity contribution in [3.63, 3.8) is 0 Å². The lowest BCUT2D eigenvalue weighted by Crippen LogP contribution is -2.23. The van der Waals surface area contributed by atoms with Crippen molar-refractivity contribution in [2.75, 3.05) is 13.2 Å². The van der Waals surface area contributed by atoms with E-state index < -0.39 is 42.4 Å². The third kappa shape index (κ3) is 4.75. The molecule has 0 radical (unpaired) electrons. The van der Waals surface area contributed by atoms with Crippen molar-refractivity contribution in [1.29, 1.82) is 0 Å². The van der Waals surface area contributed by atoms with Crippen molar-refractivity contribution in [2.45, 2.75) is 12.5 Å². The van der Waals surface area contributed by atoms with E-state index >= 15 is 0 Å². The van der Waals surface area contributed by atoms with Crippen molar-refractivity contribution in [1.82, 2.24) is 0 Å².